The van der Waals surface area contributed by atoms with Crippen LogP contribution in [-0.4, -0.2) is 29.4 Å². The fourth-order valence-corrected chi connectivity index (χ4v) is 2.41. The monoisotopic (exact) mass is 296 g/mol. The van der Waals surface area contributed by atoms with Crippen molar-refractivity contribution in [2.24, 2.45) is 0 Å². The summed E-state index contributed by atoms with van der Waals surface area (Å²) in [6.45, 7) is 7.26. The number of imidazole rings is 1. The van der Waals surface area contributed by atoms with E-state index in [4.69, 9.17) is 21.1 Å². The van der Waals surface area contributed by atoms with Crippen molar-refractivity contribution in [3.8, 4) is 5.75 Å². The molecule has 0 bridgehead atoms. The van der Waals surface area contributed by atoms with Gasteiger partial charge in [0.1, 0.15) is 17.1 Å². The second-order valence-electron chi connectivity index (χ2n) is 4.80. The summed E-state index contributed by atoms with van der Waals surface area (Å²) in [4.78, 5) is 4.67. The third-order valence-corrected chi connectivity index (χ3v) is 3.46. The molecule has 2 unspecified atom stereocenters. The average Bonchev–Trinajstić information content (AvgIpc) is 2.79. The van der Waals surface area contributed by atoms with Crippen LogP contribution in [0.2, 0.25) is 0 Å². The minimum Gasteiger partial charge on any atom is -0.492 e. The van der Waals surface area contributed by atoms with Crippen LogP contribution in [0.5, 0.6) is 5.75 Å². The first kappa shape index (κ1) is 15.1. The van der Waals surface area contributed by atoms with Crippen LogP contribution in [-0.2, 0) is 11.3 Å². The van der Waals surface area contributed by atoms with Gasteiger partial charge in [-0.3, -0.25) is 0 Å². The zero-order valence-electron chi connectivity index (χ0n) is 12.4. The Balaban J connectivity index is 2.57. The number of benzene rings is 1. The number of ether oxygens (including phenoxy) is 2. The molecule has 2 aromatic rings. The molecule has 0 saturated heterocycles. The van der Waals surface area contributed by atoms with E-state index < -0.39 is 0 Å². The Morgan fingerprint density at radius 1 is 1.35 bits per heavy atom. The van der Waals surface area contributed by atoms with Crippen molar-refractivity contribution in [2.75, 3.05) is 13.7 Å². The first-order valence-electron chi connectivity index (χ1n) is 6.87. The normalized spacial score (nSPS) is 14.4. The third kappa shape index (κ3) is 2.91. The number of aromatic nitrogens is 2. The maximum atomic E-state index is 6.27. The average molecular weight is 297 g/mol. The maximum Gasteiger partial charge on any atom is 0.147 e. The van der Waals surface area contributed by atoms with Crippen molar-refractivity contribution in [3.63, 3.8) is 0 Å². The maximum absolute atomic E-state index is 6.27. The molecule has 2 rings (SSSR count). The number of alkyl halides is 1. The number of nitrogens with zero attached hydrogens (tertiary/aromatic N) is 2. The van der Waals surface area contributed by atoms with Gasteiger partial charge in [0.2, 0.25) is 0 Å². The van der Waals surface area contributed by atoms with Gasteiger partial charge in [0.05, 0.1) is 30.1 Å². The first-order valence-corrected chi connectivity index (χ1v) is 7.30. The molecule has 0 aliphatic rings. The number of rotatable bonds is 6. The Morgan fingerprint density at radius 2 is 2.10 bits per heavy atom. The molecule has 110 valence electrons. The largest absolute Gasteiger partial charge is 0.492 e. The minimum absolute atomic E-state index is 0.0947. The van der Waals surface area contributed by atoms with Gasteiger partial charge in [-0.05, 0) is 32.9 Å². The molecule has 0 N–H and O–H groups in total. The highest BCUT2D eigenvalue weighted by molar-refractivity contribution is 6.20. The molecule has 0 spiro atoms. The predicted molar refractivity (Wildman–Crippen MR) is 81.6 cm³/mol. The second-order valence-corrected chi connectivity index (χ2v) is 5.45. The van der Waals surface area contributed by atoms with E-state index >= 15 is 0 Å². The van der Waals surface area contributed by atoms with Crippen LogP contribution in [0.4, 0.5) is 0 Å². The lowest BCUT2D eigenvalue weighted by Gasteiger charge is -2.15. The number of hydrogen-bond donors (Lipinski definition) is 0. The van der Waals surface area contributed by atoms with Crippen molar-refractivity contribution in [1.29, 1.82) is 0 Å². The Morgan fingerprint density at radius 3 is 2.70 bits per heavy atom. The summed E-state index contributed by atoms with van der Waals surface area (Å²) in [6, 6.07) is 5.95. The van der Waals surface area contributed by atoms with E-state index in [1.807, 2.05) is 39.0 Å². The van der Waals surface area contributed by atoms with Crippen molar-refractivity contribution < 1.29 is 9.47 Å². The van der Waals surface area contributed by atoms with Gasteiger partial charge in [-0.1, -0.05) is 6.07 Å². The van der Waals surface area contributed by atoms with Crippen LogP contribution in [0.25, 0.3) is 11.0 Å². The van der Waals surface area contributed by atoms with E-state index in [1.54, 1.807) is 7.11 Å². The third-order valence-electron chi connectivity index (χ3n) is 3.27. The highest BCUT2D eigenvalue weighted by Crippen LogP contribution is 2.30. The van der Waals surface area contributed by atoms with Gasteiger partial charge in [-0.15, -0.1) is 11.6 Å². The lowest BCUT2D eigenvalue weighted by atomic mass is 10.3. The molecule has 5 heteroatoms. The molecule has 0 radical (unpaired) electrons. The molecule has 20 heavy (non-hydrogen) atoms. The van der Waals surface area contributed by atoms with E-state index in [0.717, 1.165) is 29.2 Å². The zero-order valence-corrected chi connectivity index (χ0v) is 13.1. The van der Waals surface area contributed by atoms with Crippen LogP contribution in [0.15, 0.2) is 18.2 Å². The summed E-state index contributed by atoms with van der Waals surface area (Å²) >= 11 is 6.27. The first-order chi connectivity index (χ1) is 9.58. The topological polar surface area (TPSA) is 36.3 Å². The molecule has 0 aliphatic carbocycles. The fraction of sp³-hybridized carbons (Fsp3) is 0.533. The van der Waals surface area contributed by atoms with Gasteiger partial charge in [0.15, 0.2) is 0 Å². The Labute approximate surface area is 124 Å². The molecular weight excluding hydrogens is 276 g/mol. The molecule has 0 saturated carbocycles. The molecule has 4 nitrogen and oxygen atoms in total. The smallest absolute Gasteiger partial charge is 0.147 e. The minimum atomic E-state index is -0.166. The Hall–Kier alpha value is -1.26. The molecule has 0 fully saturated rings. The molecule has 2 atom stereocenters. The standard InChI is InChI=1S/C15H21ClN2O2/c1-5-20-13-8-6-7-12-14(13)17-15(11(3)16)18(12)9-10(2)19-4/h6-8,10-11H,5,9H2,1-4H3. The number of fused-ring (bicyclic) bond motifs is 1. The van der Waals surface area contributed by atoms with Gasteiger partial charge in [0.25, 0.3) is 0 Å². The van der Waals surface area contributed by atoms with Crippen LogP contribution >= 0.6 is 11.6 Å². The summed E-state index contributed by atoms with van der Waals surface area (Å²) in [5.41, 5.74) is 1.89. The number of para-hydroxylation sites is 1. The molecule has 1 heterocycles. The molecule has 0 amide bonds. The van der Waals surface area contributed by atoms with Crippen molar-refractivity contribution in [3.05, 3.63) is 24.0 Å². The Kier molecular flexibility index (Phi) is 4.89. The highest BCUT2D eigenvalue weighted by Gasteiger charge is 2.18. The predicted octanol–water partition coefficient (Wildman–Crippen LogP) is 3.77. The van der Waals surface area contributed by atoms with Crippen LogP contribution in [0.1, 0.15) is 32.0 Å². The Bertz CT molecular complexity index is 581. The fourth-order valence-electron chi connectivity index (χ4n) is 2.24. The van der Waals surface area contributed by atoms with Crippen molar-refractivity contribution in [1.82, 2.24) is 9.55 Å². The summed E-state index contributed by atoms with van der Waals surface area (Å²) in [6.07, 6.45) is 0.0947. The van der Waals surface area contributed by atoms with E-state index in [-0.39, 0.29) is 11.5 Å². The molecule has 1 aromatic carbocycles. The number of halogens is 1. The van der Waals surface area contributed by atoms with E-state index in [1.165, 1.54) is 0 Å². The summed E-state index contributed by atoms with van der Waals surface area (Å²) in [5, 5.41) is -0.166. The van der Waals surface area contributed by atoms with Gasteiger partial charge in [0, 0.05) is 7.11 Å². The number of hydrogen-bond acceptors (Lipinski definition) is 3. The lowest BCUT2D eigenvalue weighted by molar-refractivity contribution is 0.103. The highest BCUT2D eigenvalue weighted by atomic mass is 35.5. The van der Waals surface area contributed by atoms with E-state index in [0.29, 0.717) is 6.61 Å². The van der Waals surface area contributed by atoms with Gasteiger partial charge < -0.3 is 14.0 Å². The SMILES string of the molecule is CCOc1cccc2c1nc(C(C)Cl)n2CC(C)OC. The summed E-state index contributed by atoms with van der Waals surface area (Å²) in [5.74, 6) is 1.64. The summed E-state index contributed by atoms with van der Waals surface area (Å²) < 4.78 is 13.1. The zero-order chi connectivity index (χ0) is 14.7. The molecule has 0 aliphatic heterocycles. The van der Waals surface area contributed by atoms with Crippen LogP contribution in [0.3, 0.4) is 0 Å². The number of methoxy groups -OCH3 is 1. The van der Waals surface area contributed by atoms with Gasteiger partial charge >= 0.3 is 0 Å². The lowest BCUT2D eigenvalue weighted by Crippen LogP contribution is -2.16. The molecule has 1 aromatic heterocycles. The van der Waals surface area contributed by atoms with Crippen LogP contribution < -0.4 is 4.74 Å². The quantitative estimate of drug-likeness (QED) is 0.761. The van der Waals surface area contributed by atoms with E-state index in [9.17, 15) is 0 Å². The van der Waals surface area contributed by atoms with Gasteiger partial charge in [-0.2, -0.15) is 0 Å². The second kappa shape index (κ2) is 6.46. The van der Waals surface area contributed by atoms with Gasteiger partial charge in [-0.25, -0.2) is 4.98 Å². The van der Waals surface area contributed by atoms with Crippen molar-refractivity contribution >= 4 is 22.6 Å². The van der Waals surface area contributed by atoms with Crippen molar-refractivity contribution in [2.45, 2.75) is 38.8 Å². The van der Waals surface area contributed by atoms with E-state index in [2.05, 4.69) is 9.55 Å². The molecular formula is C15H21ClN2O2. The van der Waals surface area contributed by atoms with Crippen LogP contribution in [0, 0.1) is 0 Å². The summed E-state index contributed by atoms with van der Waals surface area (Å²) in [7, 11) is 1.71.